The lowest BCUT2D eigenvalue weighted by Gasteiger charge is -2.25. The Kier molecular flexibility index (Phi) is 2.84. The van der Waals surface area contributed by atoms with E-state index >= 15 is 0 Å². The van der Waals surface area contributed by atoms with Crippen LogP contribution < -0.4 is 0 Å². The molecule has 0 N–H and O–H groups in total. The second-order valence-electron chi connectivity index (χ2n) is 3.37. The van der Waals surface area contributed by atoms with E-state index in [4.69, 9.17) is 12.2 Å². The monoisotopic (exact) mass is 172 g/mol. The van der Waals surface area contributed by atoms with Gasteiger partial charge >= 0.3 is 0 Å². The third kappa shape index (κ3) is 1.91. The van der Waals surface area contributed by atoms with Crippen LogP contribution in [0.3, 0.4) is 0 Å². The molecule has 0 aliphatic carbocycles. The molecule has 0 unspecified atom stereocenters. The van der Waals surface area contributed by atoms with E-state index in [0.29, 0.717) is 6.04 Å². The maximum Gasteiger partial charge on any atom is 0.0948 e. The van der Waals surface area contributed by atoms with E-state index in [1.54, 1.807) is 0 Å². The maximum atomic E-state index is 5.30. The van der Waals surface area contributed by atoms with Gasteiger partial charge in [-0.3, -0.25) is 4.90 Å². The van der Waals surface area contributed by atoms with Gasteiger partial charge in [0, 0.05) is 14.1 Å². The summed E-state index contributed by atoms with van der Waals surface area (Å²) in [7, 11) is 6.19. The van der Waals surface area contributed by atoms with Crippen molar-refractivity contribution in [3.63, 3.8) is 0 Å². The van der Waals surface area contributed by atoms with E-state index < -0.39 is 0 Å². The topological polar surface area (TPSA) is 6.48 Å². The quantitative estimate of drug-likeness (QED) is 0.544. The average Bonchev–Trinajstić information content (AvgIpc) is 2.33. The lowest BCUT2D eigenvalue weighted by molar-refractivity contribution is 0.358. The zero-order valence-electron chi connectivity index (χ0n) is 7.50. The number of thiocarbonyl (C=S) groups is 1. The summed E-state index contributed by atoms with van der Waals surface area (Å²) >= 11 is 5.30. The highest BCUT2D eigenvalue weighted by molar-refractivity contribution is 7.80. The summed E-state index contributed by atoms with van der Waals surface area (Å²) in [6, 6.07) is 0.514. The summed E-state index contributed by atoms with van der Waals surface area (Å²) in [5.41, 5.74) is 0. The fourth-order valence-electron chi connectivity index (χ4n) is 1.52. The molecule has 0 spiro atoms. The van der Waals surface area contributed by atoms with Gasteiger partial charge in [0.05, 0.1) is 11.0 Å². The normalized spacial score (nSPS) is 25.5. The van der Waals surface area contributed by atoms with Gasteiger partial charge in [0.2, 0.25) is 0 Å². The molecule has 0 aromatic rings. The lowest BCUT2D eigenvalue weighted by Crippen LogP contribution is -2.39. The predicted octanol–water partition coefficient (Wildman–Crippen LogP) is 0.970. The van der Waals surface area contributed by atoms with Crippen LogP contribution in [0.5, 0.6) is 0 Å². The van der Waals surface area contributed by atoms with Crippen LogP contribution in [0, 0.1) is 0 Å². The number of nitrogens with zero attached hydrogens (tertiary/aromatic N) is 2. The number of likely N-dealkylation sites (N-methyl/N-ethyl adjacent to an activating group) is 2. The second-order valence-corrected chi connectivity index (χ2v) is 3.79. The number of hydrogen-bond donors (Lipinski definition) is 0. The van der Waals surface area contributed by atoms with E-state index in [1.165, 1.54) is 19.4 Å². The van der Waals surface area contributed by atoms with Gasteiger partial charge in [-0.05, 0) is 26.4 Å². The molecule has 0 radical (unpaired) electrons. The molecule has 0 amide bonds. The first kappa shape index (κ1) is 8.94. The zero-order valence-corrected chi connectivity index (χ0v) is 8.32. The predicted molar refractivity (Wildman–Crippen MR) is 51.9 cm³/mol. The van der Waals surface area contributed by atoms with Crippen LogP contribution in [-0.2, 0) is 0 Å². The van der Waals surface area contributed by atoms with Crippen molar-refractivity contribution in [2.75, 3.05) is 27.7 Å². The average molecular weight is 172 g/mol. The smallest absolute Gasteiger partial charge is 0.0948 e. The van der Waals surface area contributed by atoms with Crippen LogP contribution >= 0.6 is 12.2 Å². The highest BCUT2D eigenvalue weighted by Gasteiger charge is 2.25. The third-order valence-electron chi connectivity index (χ3n) is 2.25. The molecule has 1 atom stereocenters. The van der Waals surface area contributed by atoms with Crippen LogP contribution in [0.4, 0.5) is 0 Å². The Morgan fingerprint density at radius 1 is 1.55 bits per heavy atom. The number of likely N-dealkylation sites (tertiary alicyclic amines) is 1. The van der Waals surface area contributed by atoms with Gasteiger partial charge in [0.15, 0.2) is 0 Å². The first-order valence-electron chi connectivity index (χ1n) is 4.04. The summed E-state index contributed by atoms with van der Waals surface area (Å²) in [6.45, 7) is 1.19. The minimum Gasteiger partial charge on any atom is -0.371 e. The first-order valence-corrected chi connectivity index (χ1v) is 4.45. The molecule has 0 bridgehead atoms. The fourth-order valence-corrected chi connectivity index (χ4v) is 1.82. The molecule has 0 saturated carbocycles. The largest absolute Gasteiger partial charge is 0.371 e. The minimum absolute atomic E-state index is 0.514. The van der Waals surface area contributed by atoms with Gasteiger partial charge < -0.3 is 4.90 Å². The Morgan fingerprint density at radius 3 is 2.55 bits per heavy atom. The molecule has 11 heavy (non-hydrogen) atoms. The van der Waals surface area contributed by atoms with E-state index in [0.717, 1.165) is 4.99 Å². The Labute approximate surface area is 74.2 Å². The van der Waals surface area contributed by atoms with Crippen LogP contribution in [0.25, 0.3) is 0 Å². The lowest BCUT2D eigenvalue weighted by atomic mass is 10.2. The van der Waals surface area contributed by atoms with Crippen LogP contribution in [0.15, 0.2) is 0 Å². The van der Waals surface area contributed by atoms with Crippen molar-refractivity contribution in [1.82, 2.24) is 9.80 Å². The highest BCUT2D eigenvalue weighted by atomic mass is 32.1. The second kappa shape index (κ2) is 3.50. The van der Waals surface area contributed by atoms with Crippen LogP contribution in [0.2, 0.25) is 0 Å². The van der Waals surface area contributed by atoms with Gasteiger partial charge in [-0.2, -0.15) is 0 Å². The van der Waals surface area contributed by atoms with Crippen LogP contribution in [0.1, 0.15) is 12.8 Å². The Balaban J connectivity index is 2.53. The molecule has 0 aromatic heterocycles. The van der Waals surface area contributed by atoms with E-state index in [1.807, 2.05) is 19.0 Å². The molecular weight excluding hydrogens is 156 g/mol. The molecular formula is C8H16N2S. The summed E-state index contributed by atoms with van der Waals surface area (Å²) in [5.74, 6) is 0. The molecule has 1 rings (SSSR count). The van der Waals surface area contributed by atoms with Crippen molar-refractivity contribution in [2.45, 2.75) is 18.9 Å². The summed E-state index contributed by atoms with van der Waals surface area (Å²) in [5, 5.41) is 0. The van der Waals surface area contributed by atoms with E-state index in [9.17, 15) is 0 Å². The summed E-state index contributed by atoms with van der Waals surface area (Å²) in [6.07, 6.45) is 2.52. The Bertz CT molecular complexity index is 156. The van der Waals surface area contributed by atoms with Crippen molar-refractivity contribution in [3.8, 4) is 0 Å². The molecule has 1 heterocycles. The van der Waals surface area contributed by atoms with Gasteiger partial charge in [0.1, 0.15) is 0 Å². The molecule has 1 aliphatic heterocycles. The molecule has 0 aromatic carbocycles. The van der Waals surface area contributed by atoms with Gasteiger partial charge in [-0.1, -0.05) is 12.2 Å². The molecule has 3 heteroatoms. The maximum absolute atomic E-state index is 5.30. The molecule has 1 aliphatic rings. The van der Waals surface area contributed by atoms with Crippen LogP contribution in [-0.4, -0.2) is 48.5 Å². The van der Waals surface area contributed by atoms with Gasteiger partial charge in [-0.15, -0.1) is 0 Å². The SMILES string of the molecule is CN(C)C(=S)[C@@H]1CCCN1C. The fraction of sp³-hybridized carbons (Fsp3) is 0.875. The molecule has 64 valence electrons. The van der Waals surface area contributed by atoms with Crippen molar-refractivity contribution in [3.05, 3.63) is 0 Å². The highest BCUT2D eigenvalue weighted by Crippen LogP contribution is 2.16. The van der Waals surface area contributed by atoms with Gasteiger partial charge in [-0.25, -0.2) is 0 Å². The first-order chi connectivity index (χ1) is 5.13. The van der Waals surface area contributed by atoms with Gasteiger partial charge in [0.25, 0.3) is 0 Å². The third-order valence-corrected chi connectivity index (χ3v) is 2.88. The summed E-state index contributed by atoms with van der Waals surface area (Å²) in [4.78, 5) is 5.45. The van der Waals surface area contributed by atoms with Crippen molar-refractivity contribution in [2.24, 2.45) is 0 Å². The Hall–Kier alpha value is -0.150. The van der Waals surface area contributed by atoms with Crippen molar-refractivity contribution >= 4 is 17.2 Å². The number of hydrogen-bond acceptors (Lipinski definition) is 2. The minimum atomic E-state index is 0.514. The zero-order chi connectivity index (χ0) is 8.43. The Morgan fingerprint density at radius 2 is 2.18 bits per heavy atom. The molecule has 1 saturated heterocycles. The van der Waals surface area contributed by atoms with Crippen molar-refractivity contribution in [1.29, 1.82) is 0 Å². The van der Waals surface area contributed by atoms with E-state index in [-0.39, 0.29) is 0 Å². The van der Waals surface area contributed by atoms with Crippen molar-refractivity contribution < 1.29 is 0 Å². The molecule has 1 fully saturated rings. The summed E-state index contributed by atoms with van der Waals surface area (Å²) < 4.78 is 0. The standard InChI is InChI=1S/C8H16N2S/c1-9(2)8(11)7-5-4-6-10(7)3/h7H,4-6H2,1-3H3/t7-/m0/s1. The van der Waals surface area contributed by atoms with E-state index in [2.05, 4.69) is 11.9 Å². The number of rotatable bonds is 1. The molecule has 2 nitrogen and oxygen atoms in total.